The van der Waals surface area contributed by atoms with Gasteiger partial charge in [0.05, 0.1) is 6.20 Å². The predicted octanol–water partition coefficient (Wildman–Crippen LogP) is 3.26. The van der Waals surface area contributed by atoms with E-state index in [0.717, 1.165) is 12.7 Å². The molecule has 0 aromatic carbocycles. The normalized spacial score (nSPS) is 18.7. The number of anilines is 1. The predicted molar refractivity (Wildman–Crippen MR) is 62.1 cm³/mol. The van der Waals surface area contributed by atoms with Gasteiger partial charge >= 0.3 is 0 Å². The van der Waals surface area contributed by atoms with Gasteiger partial charge in [-0.25, -0.2) is 9.37 Å². The zero-order chi connectivity index (χ0) is 11.6. The lowest BCUT2D eigenvalue weighted by molar-refractivity contribution is 0.361. The van der Waals surface area contributed by atoms with E-state index in [1.165, 1.54) is 25.7 Å². The maximum Gasteiger partial charge on any atom is 0.224 e. The van der Waals surface area contributed by atoms with Crippen LogP contribution in [0.15, 0.2) is 6.20 Å². The zero-order valence-electron chi connectivity index (χ0n) is 9.26. The first-order valence-electron chi connectivity index (χ1n) is 5.51. The molecule has 0 spiro atoms. The molecule has 1 aliphatic carbocycles. The highest BCUT2D eigenvalue weighted by Crippen LogP contribution is 2.37. The third kappa shape index (κ3) is 2.61. The molecule has 1 N–H and O–H groups in total. The lowest BCUT2D eigenvalue weighted by Crippen LogP contribution is -2.23. The van der Waals surface area contributed by atoms with Gasteiger partial charge in [0.2, 0.25) is 5.28 Å². The summed E-state index contributed by atoms with van der Waals surface area (Å²) in [4.78, 5) is 7.41. The van der Waals surface area contributed by atoms with Crippen molar-refractivity contribution >= 4 is 17.4 Å². The molecule has 16 heavy (non-hydrogen) atoms. The number of rotatable bonds is 3. The number of aromatic nitrogens is 2. The van der Waals surface area contributed by atoms with Crippen molar-refractivity contribution in [3.8, 4) is 0 Å². The second-order valence-corrected chi connectivity index (χ2v) is 5.04. The van der Waals surface area contributed by atoms with Crippen molar-refractivity contribution < 1.29 is 4.39 Å². The fourth-order valence-electron chi connectivity index (χ4n) is 2.17. The van der Waals surface area contributed by atoms with Crippen LogP contribution in [-0.2, 0) is 0 Å². The fraction of sp³-hybridized carbons (Fsp3) is 0.636. The van der Waals surface area contributed by atoms with Crippen LogP contribution >= 0.6 is 11.6 Å². The second kappa shape index (κ2) is 4.53. The summed E-state index contributed by atoms with van der Waals surface area (Å²) in [6.07, 6.45) is 5.96. The van der Waals surface area contributed by atoms with Crippen LogP contribution in [0.4, 0.5) is 10.2 Å². The van der Waals surface area contributed by atoms with Gasteiger partial charge in [-0.1, -0.05) is 19.8 Å². The third-order valence-corrected chi connectivity index (χ3v) is 3.39. The Morgan fingerprint density at radius 2 is 2.19 bits per heavy atom. The molecule has 0 bridgehead atoms. The van der Waals surface area contributed by atoms with E-state index >= 15 is 0 Å². The number of hydrogen-bond acceptors (Lipinski definition) is 3. The molecule has 0 amide bonds. The topological polar surface area (TPSA) is 37.8 Å². The van der Waals surface area contributed by atoms with E-state index in [0.29, 0.717) is 0 Å². The minimum Gasteiger partial charge on any atom is -0.367 e. The van der Waals surface area contributed by atoms with Crippen LogP contribution in [0, 0.1) is 11.2 Å². The zero-order valence-corrected chi connectivity index (χ0v) is 10.0. The fourth-order valence-corrected chi connectivity index (χ4v) is 2.31. The molecule has 1 aliphatic rings. The van der Waals surface area contributed by atoms with Crippen molar-refractivity contribution in [2.45, 2.75) is 32.6 Å². The maximum atomic E-state index is 13.3. The standard InChI is InChI=1S/C11H15ClFN3/c1-11(4-2-3-5-11)7-15-9-8(13)6-14-10(12)16-9/h6H,2-5,7H2,1H3,(H,14,15,16). The van der Waals surface area contributed by atoms with Gasteiger partial charge < -0.3 is 5.32 Å². The molecule has 88 valence electrons. The van der Waals surface area contributed by atoms with Crippen molar-refractivity contribution in [1.82, 2.24) is 9.97 Å². The van der Waals surface area contributed by atoms with Crippen molar-refractivity contribution in [2.24, 2.45) is 5.41 Å². The van der Waals surface area contributed by atoms with Gasteiger partial charge in [0, 0.05) is 6.54 Å². The summed E-state index contributed by atoms with van der Waals surface area (Å²) in [6, 6.07) is 0. The molecule has 0 unspecified atom stereocenters. The average Bonchev–Trinajstić information content (AvgIpc) is 2.67. The van der Waals surface area contributed by atoms with E-state index in [-0.39, 0.29) is 16.5 Å². The SMILES string of the molecule is CC1(CNc2nc(Cl)ncc2F)CCCC1. The summed E-state index contributed by atoms with van der Waals surface area (Å²) in [5, 5.41) is 3.10. The smallest absolute Gasteiger partial charge is 0.224 e. The Kier molecular flexibility index (Phi) is 3.28. The lowest BCUT2D eigenvalue weighted by atomic mass is 9.89. The van der Waals surface area contributed by atoms with Crippen LogP contribution in [0.3, 0.4) is 0 Å². The van der Waals surface area contributed by atoms with Crippen molar-refractivity contribution in [2.75, 3.05) is 11.9 Å². The molecular weight excluding hydrogens is 229 g/mol. The summed E-state index contributed by atoms with van der Waals surface area (Å²) in [5.41, 5.74) is 0.254. The van der Waals surface area contributed by atoms with Crippen LogP contribution in [0.25, 0.3) is 0 Å². The lowest BCUT2D eigenvalue weighted by Gasteiger charge is -2.24. The molecule has 1 aromatic rings. The largest absolute Gasteiger partial charge is 0.367 e. The molecule has 0 atom stereocenters. The Hall–Kier alpha value is -0.900. The number of halogens is 2. The number of nitrogens with one attached hydrogen (secondary N) is 1. The molecule has 1 aromatic heterocycles. The van der Waals surface area contributed by atoms with Gasteiger partial charge in [0.1, 0.15) is 0 Å². The Morgan fingerprint density at radius 3 is 2.88 bits per heavy atom. The second-order valence-electron chi connectivity index (χ2n) is 4.71. The third-order valence-electron chi connectivity index (χ3n) is 3.21. The van der Waals surface area contributed by atoms with E-state index in [9.17, 15) is 4.39 Å². The Bertz CT molecular complexity index is 377. The minimum absolute atomic E-state index is 0.0699. The molecular formula is C11H15ClFN3. The monoisotopic (exact) mass is 243 g/mol. The van der Waals surface area contributed by atoms with Gasteiger partial charge in [-0.3, -0.25) is 0 Å². The van der Waals surface area contributed by atoms with Gasteiger partial charge in [0.25, 0.3) is 0 Å². The van der Waals surface area contributed by atoms with Crippen molar-refractivity contribution in [1.29, 1.82) is 0 Å². The Labute approximate surface area is 99.4 Å². The van der Waals surface area contributed by atoms with E-state index in [2.05, 4.69) is 22.2 Å². The molecule has 2 rings (SSSR count). The molecule has 0 radical (unpaired) electrons. The van der Waals surface area contributed by atoms with Gasteiger partial charge in [-0.05, 0) is 29.9 Å². The quantitative estimate of drug-likeness (QED) is 0.828. The maximum absolute atomic E-state index is 13.3. The van der Waals surface area contributed by atoms with E-state index < -0.39 is 5.82 Å². The molecule has 1 heterocycles. The molecule has 1 saturated carbocycles. The minimum atomic E-state index is -0.453. The van der Waals surface area contributed by atoms with Crippen molar-refractivity contribution in [3.05, 3.63) is 17.3 Å². The summed E-state index contributed by atoms with van der Waals surface area (Å²) in [5.74, 6) is -0.251. The van der Waals surface area contributed by atoms with Crippen LogP contribution in [0.2, 0.25) is 5.28 Å². The van der Waals surface area contributed by atoms with Crippen molar-refractivity contribution in [3.63, 3.8) is 0 Å². The first-order chi connectivity index (χ1) is 7.59. The molecule has 0 aliphatic heterocycles. The summed E-state index contributed by atoms with van der Waals surface area (Å²) in [7, 11) is 0. The Morgan fingerprint density at radius 1 is 1.50 bits per heavy atom. The van der Waals surface area contributed by atoms with Gasteiger partial charge in [0.15, 0.2) is 11.6 Å². The molecule has 3 nitrogen and oxygen atoms in total. The van der Waals surface area contributed by atoms with Crippen LogP contribution in [0.5, 0.6) is 0 Å². The van der Waals surface area contributed by atoms with Crippen LogP contribution < -0.4 is 5.32 Å². The van der Waals surface area contributed by atoms with Crippen LogP contribution in [-0.4, -0.2) is 16.5 Å². The highest BCUT2D eigenvalue weighted by Gasteiger charge is 2.28. The summed E-state index contributed by atoms with van der Waals surface area (Å²) >= 11 is 5.62. The summed E-state index contributed by atoms with van der Waals surface area (Å²) in [6.45, 7) is 2.95. The average molecular weight is 244 g/mol. The highest BCUT2D eigenvalue weighted by molar-refractivity contribution is 6.28. The van der Waals surface area contributed by atoms with E-state index in [1.807, 2.05) is 0 Å². The Balaban J connectivity index is 2.01. The summed E-state index contributed by atoms with van der Waals surface area (Å²) < 4.78 is 13.3. The number of nitrogens with zero attached hydrogens (tertiary/aromatic N) is 2. The number of hydrogen-bond donors (Lipinski definition) is 1. The van der Waals surface area contributed by atoms with E-state index in [4.69, 9.17) is 11.6 Å². The molecule has 1 fully saturated rings. The van der Waals surface area contributed by atoms with Gasteiger partial charge in [-0.2, -0.15) is 4.98 Å². The molecule has 0 saturated heterocycles. The van der Waals surface area contributed by atoms with E-state index in [1.54, 1.807) is 0 Å². The van der Waals surface area contributed by atoms with Gasteiger partial charge in [-0.15, -0.1) is 0 Å². The molecule has 5 heteroatoms. The first kappa shape index (κ1) is 11.6. The first-order valence-corrected chi connectivity index (χ1v) is 5.89. The van der Waals surface area contributed by atoms with Crippen LogP contribution in [0.1, 0.15) is 32.6 Å². The highest BCUT2D eigenvalue weighted by atomic mass is 35.5.